The smallest absolute Gasteiger partial charge is 0.0762 e. The molecule has 0 aliphatic rings. The molecule has 0 saturated heterocycles. The van der Waals surface area contributed by atoms with Gasteiger partial charge < -0.3 is 5.11 Å². The average Bonchev–Trinajstić information content (AvgIpc) is 2.38. The van der Waals surface area contributed by atoms with Crippen LogP contribution in [0.1, 0.15) is 24.3 Å². The predicted octanol–water partition coefficient (Wildman–Crippen LogP) is 3.43. The summed E-state index contributed by atoms with van der Waals surface area (Å²) < 4.78 is 0. The third-order valence-corrected chi connectivity index (χ3v) is 3.48. The molecule has 2 aromatic rings. The van der Waals surface area contributed by atoms with Gasteiger partial charge in [0.25, 0.3) is 0 Å². The standard InChI is InChI=1S/C14H15NOS/c1-11(16)12-5-4-7-14(9-12)17-10-13-6-2-3-8-15-13/h2-9,11,16H,10H2,1H3. The second kappa shape index (κ2) is 5.84. The first-order valence-electron chi connectivity index (χ1n) is 5.56. The number of pyridine rings is 1. The summed E-state index contributed by atoms with van der Waals surface area (Å²) in [6, 6.07) is 13.9. The fourth-order valence-electron chi connectivity index (χ4n) is 1.50. The Balaban J connectivity index is 2.02. The van der Waals surface area contributed by atoms with Crippen LogP contribution in [0, 0.1) is 0 Å². The molecule has 1 aromatic heterocycles. The van der Waals surface area contributed by atoms with Gasteiger partial charge in [-0.2, -0.15) is 0 Å². The van der Waals surface area contributed by atoms with Gasteiger partial charge in [0.1, 0.15) is 0 Å². The lowest BCUT2D eigenvalue weighted by molar-refractivity contribution is 0.199. The lowest BCUT2D eigenvalue weighted by Crippen LogP contribution is -1.90. The van der Waals surface area contributed by atoms with Gasteiger partial charge in [-0.15, -0.1) is 11.8 Å². The van der Waals surface area contributed by atoms with Crippen molar-refractivity contribution >= 4 is 11.8 Å². The molecular weight excluding hydrogens is 230 g/mol. The zero-order valence-corrected chi connectivity index (χ0v) is 10.5. The van der Waals surface area contributed by atoms with Crippen LogP contribution in [-0.4, -0.2) is 10.1 Å². The summed E-state index contributed by atoms with van der Waals surface area (Å²) >= 11 is 1.73. The van der Waals surface area contributed by atoms with Crippen LogP contribution in [0.15, 0.2) is 53.6 Å². The molecule has 0 amide bonds. The number of nitrogens with zero attached hydrogens (tertiary/aromatic N) is 1. The van der Waals surface area contributed by atoms with Gasteiger partial charge >= 0.3 is 0 Å². The first-order valence-corrected chi connectivity index (χ1v) is 6.55. The third-order valence-electron chi connectivity index (χ3n) is 2.45. The Morgan fingerprint density at radius 3 is 2.82 bits per heavy atom. The molecule has 17 heavy (non-hydrogen) atoms. The van der Waals surface area contributed by atoms with Crippen LogP contribution in [0.2, 0.25) is 0 Å². The molecule has 0 bridgehead atoms. The van der Waals surface area contributed by atoms with E-state index in [1.807, 2.05) is 42.6 Å². The van der Waals surface area contributed by atoms with E-state index in [4.69, 9.17) is 0 Å². The van der Waals surface area contributed by atoms with Crippen LogP contribution in [0.4, 0.5) is 0 Å². The molecule has 1 N–H and O–H groups in total. The Morgan fingerprint density at radius 2 is 2.12 bits per heavy atom. The number of hydrogen-bond acceptors (Lipinski definition) is 3. The monoisotopic (exact) mass is 245 g/mol. The van der Waals surface area contributed by atoms with Crippen LogP contribution < -0.4 is 0 Å². The Hall–Kier alpha value is -1.32. The Labute approximate surface area is 106 Å². The predicted molar refractivity (Wildman–Crippen MR) is 70.9 cm³/mol. The third kappa shape index (κ3) is 3.58. The van der Waals surface area contributed by atoms with Gasteiger partial charge in [-0.05, 0) is 36.8 Å². The zero-order valence-electron chi connectivity index (χ0n) is 9.71. The molecular formula is C14H15NOS. The molecule has 88 valence electrons. The van der Waals surface area contributed by atoms with Crippen molar-refractivity contribution < 1.29 is 5.11 Å². The molecule has 2 nitrogen and oxygen atoms in total. The van der Waals surface area contributed by atoms with Gasteiger partial charge in [0.15, 0.2) is 0 Å². The van der Waals surface area contributed by atoms with E-state index in [0.29, 0.717) is 0 Å². The number of benzene rings is 1. The number of aromatic nitrogens is 1. The second-order valence-electron chi connectivity index (χ2n) is 3.86. The topological polar surface area (TPSA) is 33.1 Å². The molecule has 0 fully saturated rings. The molecule has 2 rings (SSSR count). The van der Waals surface area contributed by atoms with Gasteiger partial charge in [-0.3, -0.25) is 4.98 Å². The van der Waals surface area contributed by atoms with E-state index in [1.54, 1.807) is 18.7 Å². The molecule has 1 heterocycles. The largest absolute Gasteiger partial charge is 0.389 e. The number of aliphatic hydroxyl groups excluding tert-OH is 1. The summed E-state index contributed by atoms with van der Waals surface area (Å²) in [5, 5.41) is 9.51. The highest BCUT2D eigenvalue weighted by Crippen LogP contribution is 2.24. The minimum Gasteiger partial charge on any atom is -0.389 e. The SMILES string of the molecule is CC(O)c1cccc(SCc2ccccn2)c1. The number of rotatable bonds is 4. The van der Waals surface area contributed by atoms with Gasteiger partial charge in [0.05, 0.1) is 11.8 Å². The summed E-state index contributed by atoms with van der Waals surface area (Å²) in [4.78, 5) is 5.44. The minimum absolute atomic E-state index is 0.412. The number of hydrogen-bond donors (Lipinski definition) is 1. The fraction of sp³-hybridized carbons (Fsp3) is 0.214. The first-order chi connectivity index (χ1) is 8.25. The van der Waals surface area contributed by atoms with Gasteiger partial charge in [0, 0.05) is 16.8 Å². The van der Waals surface area contributed by atoms with Crippen molar-refractivity contribution in [3.8, 4) is 0 Å². The van der Waals surface area contributed by atoms with E-state index < -0.39 is 6.10 Å². The zero-order chi connectivity index (χ0) is 12.1. The van der Waals surface area contributed by atoms with E-state index in [0.717, 1.165) is 21.9 Å². The molecule has 3 heteroatoms. The molecule has 0 saturated carbocycles. The van der Waals surface area contributed by atoms with Crippen molar-refractivity contribution in [2.24, 2.45) is 0 Å². The van der Waals surface area contributed by atoms with Gasteiger partial charge in [-0.25, -0.2) is 0 Å². The molecule has 1 aromatic carbocycles. The first kappa shape index (κ1) is 12.1. The van der Waals surface area contributed by atoms with E-state index in [2.05, 4.69) is 11.1 Å². The normalized spacial score (nSPS) is 12.4. The van der Waals surface area contributed by atoms with Crippen LogP contribution in [0.25, 0.3) is 0 Å². The van der Waals surface area contributed by atoms with Crippen molar-refractivity contribution in [1.29, 1.82) is 0 Å². The van der Waals surface area contributed by atoms with Crippen molar-refractivity contribution in [3.05, 3.63) is 59.9 Å². The lowest BCUT2D eigenvalue weighted by atomic mass is 10.1. The van der Waals surface area contributed by atoms with Crippen LogP contribution in [0.3, 0.4) is 0 Å². The van der Waals surface area contributed by atoms with Crippen LogP contribution in [-0.2, 0) is 5.75 Å². The van der Waals surface area contributed by atoms with Crippen molar-refractivity contribution in [2.45, 2.75) is 23.7 Å². The summed E-state index contributed by atoms with van der Waals surface area (Å²) in [6.45, 7) is 1.78. The van der Waals surface area contributed by atoms with Crippen LogP contribution >= 0.6 is 11.8 Å². The quantitative estimate of drug-likeness (QED) is 0.838. The van der Waals surface area contributed by atoms with Crippen molar-refractivity contribution in [1.82, 2.24) is 4.98 Å². The van der Waals surface area contributed by atoms with Crippen LogP contribution in [0.5, 0.6) is 0 Å². The summed E-state index contributed by atoms with van der Waals surface area (Å²) in [6.07, 6.45) is 1.40. The summed E-state index contributed by atoms with van der Waals surface area (Å²) in [5.74, 6) is 0.851. The summed E-state index contributed by atoms with van der Waals surface area (Å²) in [5.41, 5.74) is 2.02. The maximum absolute atomic E-state index is 9.51. The molecule has 1 atom stereocenters. The number of aliphatic hydroxyl groups is 1. The Kier molecular flexibility index (Phi) is 4.18. The van der Waals surface area contributed by atoms with Crippen molar-refractivity contribution in [2.75, 3.05) is 0 Å². The minimum atomic E-state index is -0.412. The van der Waals surface area contributed by atoms with E-state index in [-0.39, 0.29) is 0 Å². The second-order valence-corrected chi connectivity index (χ2v) is 4.91. The van der Waals surface area contributed by atoms with Crippen molar-refractivity contribution in [3.63, 3.8) is 0 Å². The number of thioether (sulfide) groups is 1. The van der Waals surface area contributed by atoms with Gasteiger partial charge in [-0.1, -0.05) is 18.2 Å². The highest BCUT2D eigenvalue weighted by atomic mass is 32.2. The van der Waals surface area contributed by atoms with Gasteiger partial charge in [0.2, 0.25) is 0 Å². The Morgan fingerprint density at radius 1 is 1.24 bits per heavy atom. The summed E-state index contributed by atoms with van der Waals surface area (Å²) in [7, 11) is 0. The molecule has 1 unspecified atom stereocenters. The van der Waals surface area contributed by atoms with E-state index in [1.165, 1.54) is 0 Å². The average molecular weight is 245 g/mol. The van der Waals surface area contributed by atoms with E-state index in [9.17, 15) is 5.11 Å². The highest BCUT2D eigenvalue weighted by molar-refractivity contribution is 7.98. The molecule has 0 aliphatic heterocycles. The molecule has 0 aliphatic carbocycles. The maximum atomic E-state index is 9.51. The Bertz CT molecular complexity index is 471. The highest BCUT2D eigenvalue weighted by Gasteiger charge is 2.02. The lowest BCUT2D eigenvalue weighted by Gasteiger charge is -2.07. The molecule has 0 radical (unpaired) electrons. The molecule has 0 spiro atoms. The van der Waals surface area contributed by atoms with E-state index >= 15 is 0 Å². The fourth-order valence-corrected chi connectivity index (χ4v) is 2.38. The maximum Gasteiger partial charge on any atom is 0.0762 e.